The third-order valence-electron chi connectivity index (χ3n) is 4.08. The van der Waals surface area contributed by atoms with Gasteiger partial charge in [0, 0.05) is 17.3 Å². The van der Waals surface area contributed by atoms with Gasteiger partial charge >= 0.3 is 0 Å². The lowest BCUT2D eigenvalue weighted by Gasteiger charge is -2.06. The van der Waals surface area contributed by atoms with Crippen molar-refractivity contribution in [1.82, 2.24) is 9.97 Å². The number of benzene rings is 1. The van der Waals surface area contributed by atoms with Crippen LogP contribution >= 0.6 is 22.7 Å². The number of rotatable bonds is 4. The van der Waals surface area contributed by atoms with Gasteiger partial charge in [-0.05, 0) is 47.9 Å². The smallest absolute Gasteiger partial charge is 0.259 e. The number of aryl methyl sites for hydroxylation is 1. The number of nitrogens with zero attached hydrogens (tertiary/aromatic N) is 2. The van der Waals surface area contributed by atoms with Crippen LogP contribution in [0.5, 0.6) is 0 Å². The van der Waals surface area contributed by atoms with Crippen LogP contribution < -0.4 is 5.32 Å². The van der Waals surface area contributed by atoms with E-state index in [9.17, 15) is 9.18 Å². The average Bonchev–Trinajstić information content (AvgIpc) is 3.34. The number of amides is 1. The van der Waals surface area contributed by atoms with Gasteiger partial charge in [0.15, 0.2) is 5.82 Å². The van der Waals surface area contributed by atoms with Gasteiger partial charge in [0.05, 0.1) is 27.1 Å². The van der Waals surface area contributed by atoms with Gasteiger partial charge in [0.25, 0.3) is 5.91 Å². The Hall–Kier alpha value is -2.90. The second-order valence-electron chi connectivity index (χ2n) is 5.87. The lowest BCUT2D eigenvalue weighted by molar-refractivity contribution is 0.102. The molecule has 0 saturated carbocycles. The molecule has 0 fully saturated rings. The number of aromatic nitrogens is 2. The zero-order valence-corrected chi connectivity index (χ0v) is 15.9. The Morgan fingerprint density at radius 3 is 2.74 bits per heavy atom. The van der Waals surface area contributed by atoms with Gasteiger partial charge in [0.2, 0.25) is 0 Å². The number of thiazole rings is 1. The number of hydrogen-bond acceptors (Lipinski definition) is 5. The molecule has 4 nitrogen and oxygen atoms in total. The highest BCUT2D eigenvalue weighted by molar-refractivity contribution is 7.19. The van der Waals surface area contributed by atoms with Crippen molar-refractivity contribution in [2.24, 2.45) is 0 Å². The van der Waals surface area contributed by atoms with Crippen molar-refractivity contribution in [2.75, 3.05) is 5.32 Å². The third kappa shape index (κ3) is 3.65. The van der Waals surface area contributed by atoms with E-state index >= 15 is 0 Å². The molecule has 0 aliphatic carbocycles. The standard InChI is InChI=1S/C20H14FN3OS2/c1-12-2-3-13(18-10-23-11-26-18)8-15(12)17-4-5-19(27-17)24-20(25)14-6-7-22-9-16(14)21/h2-11H,1H3,(H,24,25). The molecule has 1 N–H and O–H groups in total. The molecule has 0 aliphatic rings. The maximum atomic E-state index is 13.7. The molecular formula is C20H14FN3OS2. The van der Waals surface area contributed by atoms with Crippen LogP contribution in [0.2, 0.25) is 0 Å². The Balaban J connectivity index is 1.60. The highest BCUT2D eigenvalue weighted by Crippen LogP contribution is 2.36. The SMILES string of the molecule is Cc1ccc(-c2cncs2)cc1-c1ccc(NC(=O)c2ccncc2F)s1. The molecular weight excluding hydrogens is 381 g/mol. The van der Waals surface area contributed by atoms with Crippen molar-refractivity contribution >= 4 is 33.6 Å². The zero-order valence-electron chi connectivity index (χ0n) is 14.3. The number of thiophene rings is 1. The van der Waals surface area contributed by atoms with Gasteiger partial charge < -0.3 is 5.32 Å². The number of pyridine rings is 1. The Bertz CT molecular complexity index is 1110. The first-order valence-electron chi connectivity index (χ1n) is 8.12. The molecule has 0 radical (unpaired) electrons. The molecule has 1 amide bonds. The third-order valence-corrected chi connectivity index (χ3v) is 5.94. The maximum Gasteiger partial charge on any atom is 0.259 e. The second kappa shape index (κ2) is 7.38. The molecule has 27 heavy (non-hydrogen) atoms. The first-order valence-corrected chi connectivity index (χ1v) is 9.82. The van der Waals surface area contributed by atoms with E-state index in [1.54, 1.807) is 11.3 Å². The molecule has 0 bridgehead atoms. The Labute approximate surface area is 163 Å². The van der Waals surface area contributed by atoms with Gasteiger partial charge in [-0.3, -0.25) is 14.8 Å². The summed E-state index contributed by atoms with van der Waals surface area (Å²) in [7, 11) is 0. The minimum Gasteiger partial charge on any atom is -0.313 e. The van der Waals surface area contributed by atoms with Crippen LogP contribution in [0.15, 0.2) is 60.5 Å². The van der Waals surface area contributed by atoms with Crippen LogP contribution in [0.3, 0.4) is 0 Å². The molecule has 3 heterocycles. The van der Waals surface area contributed by atoms with Crippen LogP contribution in [0.25, 0.3) is 20.9 Å². The van der Waals surface area contributed by atoms with Crippen molar-refractivity contribution in [3.05, 3.63) is 77.4 Å². The molecule has 134 valence electrons. The molecule has 0 spiro atoms. The number of nitrogens with one attached hydrogen (secondary N) is 1. The zero-order chi connectivity index (χ0) is 18.8. The maximum absolute atomic E-state index is 13.7. The van der Waals surface area contributed by atoms with E-state index in [1.165, 1.54) is 23.6 Å². The van der Waals surface area contributed by atoms with Crippen molar-refractivity contribution < 1.29 is 9.18 Å². The van der Waals surface area contributed by atoms with E-state index < -0.39 is 11.7 Å². The lowest BCUT2D eigenvalue weighted by Crippen LogP contribution is -2.12. The van der Waals surface area contributed by atoms with Crippen LogP contribution in [-0.2, 0) is 0 Å². The minimum absolute atomic E-state index is 0.0247. The first-order chi connectivity index (χ1) is 13.1. The van der Waals surface area contributed by atoms with Gasteiger partial charge in [-0.15, -0.1) is 22.7 Å². The topological polar surface area (TPSA) is 54.9 Å². The van der Waals surface area contributed by atoms with Gasteiger partial charge in [-0.25, -0.2) is 4.39 Å². The van der Waals surface area contributed by atoms with Crippen LogP contribution in [-0.4, -0.2) is 15.9 Å². The summed E-state index contributed by atoms with van der Waals surface area (Å²) in [5.41, 5.74) is 5.13. The van der Waals surface area contributed by atoms with Crippen molar-refractivity contribution in [3.8, 4) is 20.9 Å². The number of carbonyl (C=O) groups excluding carboxylic acids is 1. The van der Waals surface area contributed by atoms with Crippen molar-refractivity contribution in [3.63, 3.8) is 0 Å². The lowest BCUT2D eigenvalue weighted by atomic mass is 10.0. The summed E-state index contributed by atoms with van der Waals surface area (Å²) in [5, 5.41) is 3.42. The highest BCUT2D eigenvalue weighted by atomic mass is 32.1. The number of carbonyl (C=O) groups is 1. The van der Waals surface area contributed by atoms with Crippen molar-refractivity contribution in [1.29, 1.82) is 0 Å². The Morgan fingerprint density at radius 1 is 1.07 bits per heavy atom. The first kappa shape index (κ1) is 17.5. The summed E-state index contributed by atoms with van der Waals surface area (Å²) in [6.07, 6.45) is 4.28. The van der Waals surface area contributed by atoms with Gasteiger partial charge in [0.1, 0.15) is 0 Å². The summed E-state index contributed by atoms with van der Waals surface area (Å²) in [5.74, 6) is -1.13. The predicted molar refractivity (Wildman–Crippen MR) is 108 cm³/mol. The van der Waals surface area contributed by atoms with E-state index in [2.05, 4.69) is 40.4 Å². The molecule has 0 unspecified atom stereocenters. The minimum atomic E-state index is -0.639. The van der Waals surface area contributed by atoms with Crippen LogP contribution in [0.1, 0.15) is 15.9 Å². The van der Waals surface area contributed by atoms with E-state index in [0.717, 1.165) is 32.6 Å². The summed E-state index contributed by atoms with van der Waals surface area (Å²) >= 11 is 3.05. The fraction of sp³-hybridized carbons (Fsp3) is 0.0500. The highest BCUT2D eigenvalue weighted by Gasteiger charge is 2.14. The molecule has 0 saturated heterocycles. The fourth-order valence-corrected chi connectivity index (χ4v) is 4.29. The van der Waals surface area contributed by atoms with E-state index in [4.69, 9.17) is 0 Å². The molecule has 0 aliphatic heterocycles. The van der Waals surface area contributed by atoms with Crippen LogP contribution in [0.4, 0.5) is 9.39 Å². The van der Waals surface area contributed by atoms with Gasteiger partial charge in [-0.1, -0.05) is 12.1 Å². The normalized spacial score (nSPS) is 10.7. The Morgan fingerprint density at radius 2 is 1.96 bits per heavy atom. The monoisotopic (exact) mass is 395 g/mol. The molecule has 1 aromatic carbocycles. The Kier molecular flexibility index (Phi) is 4.79. The summed E-state index contributed by atoms with van der Waals surface area (Å²) in [6, 6.07) is 11.4. The largest absolute Gasteiger partial charge is 0.313 e. The molecule has 7 heteroatoms. The van der Waals surface area contributed by atoms with E-state index in [0.29, 0.717) is 5.00 Å². The molecule has 4 rings (SSSR count). The van der Waals surface area contributed by atoms with E-state index in [-0.39, 0.29) is 5.56 Å². The second-order valence-corrected chi connectivity index (χ2v) is 7.84. The average molecular weight is 395 g/mol. The van der Waals surface area contributed by atoms with Gasteiger partial charge in [-0.2, -0.15) is 0 Å². The van der Waals surface area contributed by atoms with E-state index in [1.807, 2.05) is 23.8 Å². The number of anilines is 1. The number of halogens is 1. The predicted octanol–water partition coefficient (Wildman–Crippen LogP) is 5.63. The number of hydrogen-bond donors (Lipinski definition) is 1. The van der Waals surface area contributed by atoms with Crippen molar-refractivity contribution in [2.45, 2.75) is 6.92 Å². The summed E-state index contributed by atoms with van der Waals surface area (Å²) in [6.45, 7) is 2.05. The fourth-order valence-electron chi connectivity index (χ4n) is 2.69. The molecule has 3 aromatic heterocycles. The van der Waals surface area contributed by atoms with Crippen LogP contribution in [0, 0.1) is 12.7 Å². The molecule has 4 aromatic rings. The quantitative estimate of drug-likeness (QED) is 0.487. The summed E-state index contributed by atoms with van der Waals surface area (Å²) in [4.78, 5) is 22.2. The summed E-state index contributed by atoms with van der Waals surface area (Å²) < 4.78 is 13.7. The molecule has 0 atom stereocenters.